The van der Waals surface area contributed by atoms with Crippen LogP contribution in [0.2, 0.25) is 0 Å². The first-order chi connectivity index (χ1) is 8.83. The molecule has 2 rings (SSSR count). The Morgan fingerprint density at radius 2 is 1.94 bits per heavy atom. The van der Waals surface area contributed by atoms with Gasteiger partial charge in [-0.25, -0.2) is 0 Å². The van der Waals surface area contributed by atoms with Crippen LogP contribution in [0.3, 0.4) is 0 Å². The lowest BCUT2D eigenvalue weighted by Crippen LogP contribution is -2.06. The lowest BCUT2D eigenvalue weighted by molar-refractivity contribution is 0.104. The van der Waals surface area contributed by atoms with Gasteiger partial charge in [-0.2, -0.15) is 0 Å². The van der Waals surface area contributed by atoms with Crippen molar-refractivity contribution in [1.82, 2.24) is 5.32 Å². The molecule has 0 saturated heterocycles. The van der Waals surface area contributed by atoms with Crippen LogP contribution in [0, 0.1) is 0 Å². The Morgan fingerprint density at radius 1 is 1.17 bits per heavy atom. The minimum Gasteiger partial charge on any atom is -0.391 e. The van der Waals surface area contributed by atoms with Crippen LogP contribution in [0.25, 0.3) is 10.8 Å². The number of hydrogen-bond donors (Lipinski definition) is 1. The van der Waals surface area contributed by atoms with Gasteiger partial charge in [0.1, 0.15) is 0 Å². The smallest absolute Gasteiger partial charge is 0.187 e. The number of carbonyl (C=O) groups is 1. The maximum atomic E-state index is 12.1. The molecule has 2 aromatic carbocycles. The Balaban J connectivity index is 2.25. The lowest BCUT2D eigenvalue weighted by atomic mass is 10.0. The molecular weight excluding hydrogens is 222 g/mol. The Kier molecular flexibility index (Phi) is 4.13. The molecule has 2 aromatic rings. The monoisotopic (exact) mass is 239 g/mol. The summed E-state index contributed by atoms with van der Waals surface area (Å²) >= 11 is 0. The molecule has 0 amide bonds. The summed E-state index contributed by atoms with van der Waals surface area (Å²) in [6.07, 6.45) is 4.37. The summed E-state index contributed by atoms with van der Waals surface area (Å²) in [5.41, 5.74) is 0.752. The minimum absolute atomic E-state index is 0.0374. The molecule has 0 aromatic heterocycles. The number of rotatable bonds is 5. The number of ketones is 1. The second-order valence-corrected chi connectivity index (χ2v) is 4.18. The van der Waals surface area contributed by atoms with Crippen LogP contribution in [0.1, 0.15) is 23.7 Å². The molecule has 92 valence electrons. The zero-order chi connectivity index (χ0) is 12.8. The van der Waals surface area contributed by atoms with Crippen molar-refractivity contribution >= 4 is 16.6 Å². The fourth-order valence-electron chi connectivity index (χ4n) is 1.89. The van der Waals surface area contributed by atoms with Gasteiger partial charge < -0.3 is 5.32 Å². The summed E-state index contributed by atoms with van der Waals surface area (Å²) in [5.74, 6) is 0.0374. The average Bonchev–Trinajstić information content (AvgIpc) is 2.43. The molecule has 0 radical (unpaired) electrons. The predicted octanol–water partition coefficient (Wildman–Crippen LogP) is 3.54. The SMILES string of the molecule is CCCN/C=C/C(=O)c1cccc2ccccc12. The third-order valence-corrected chi connectivity index (χ3v) is 2.80. The molecule has 0 unspecified atom stereocenters. The van der Waals surface area contributed by atoms with E-state index in [-0.39, 0.29) is 5.78 Å². The van der Waals surface area contributed by atoms with Crippen LogP contribution in [-0.4, -0.2) is 12.3 Å². The van der Waals surface area contributed by atoms with E-state index in [0.717, 1.165) is 29.3 Å². The molecule has 0 saturated carbocycles. The lowest BCUT2D eigenvalue weighted by Gasteiger charge is -2.03. The quantitative estimate of drug-likeness (QED) is 0.491. The molecule has 18 heavy (non-hydrogen) atoms. The molecule has 0 aliphatic heterocycles. The van der Waals surface area contributed by atoms with E-state index in [9.17, 15) is 4.79 Å². The van der Waals surface area contributed by atoms with E-state index in [1.165, 1.54) is 0 Å². The van der Waals surface area contributed by atoms with Gasteiger partial charge in [-0.15, -0.1) is 0 Å². The summed E-state index contributed by atoms with van der Waals surface area (Å²) in [4.78, 5) is 12.1. The zero-order valence-corrected chi connectivity index (χ0v) is 10.5. The van der Waals surface area contributed by atoms with Gasteiger partial charge in [-0.1, -0.05) is 49.4 Å². The predicted molar refractivity (Wildman–Crippen MR) is 75.7 cm³/mol. The summed E-state index contributed by atoms with van der Waals surface area (Å²) < 4.78 is 0. The molecule has 0 aliphatic carbocycles. The standard InChI is InChI=1S/C16H17NO/c1-2-11-17-12-10-16(18)15-9-5-7-13-6-3-4-8-14(13)15/h3-10,12,17H,2,11H2,1H3/b12-10+. The van der Waals surface area contributed by atoms with Gasteiger partial charge in [0, 0.05) is 24.4 Å². The summed E-state index contributed by atoms with van der Waals surface area (Å²) in [6, 6.07) is 13.7. The van der Waals surface area contributed by atoms with Gasteiger partial charge in [0.25, 0.3) is 0 Å². The largest absolute Gasteiger partial charge is 0.391 e. The molecule has 2 heteroatoms. The van der Waals surface area contributed by atoms with E-state index >= 15 is 0 Å². The number of hydrogen-bond acceptors (Lipinski definition) is 2. The zero-order valence-electron chi connectivity index (χ0n) is 10.5. The number of nitrogens with one attached hydrogen (secondary N) is 1. The molecule has 0 bridgehead atoms. The van der Waals surface area contributed by atoms with Crippen molar-refractivity contribution in [2.45, 2.75) is 13.3 Å². The fourth-order valence-corrected chi connectivity index (χ4v) is 1.89. The highest BCUT2D eigenvalue weighted by Crippen LogP contribution is 2.19. The van der Waals surface area contributed by atoms with Crippen LogP contribution in [0.5, 0.6) is 0 Å². The topological polar surface area (TPSA) is 29.1 Å². The van der Waals surface area contributed by atoms with E-state index in [4.69, 9.17) is 0 Å². The Bertz CT molecular complexity index is 567. The van der Waals surface area contributed by atoms with Crippen LogP contribution in [-0.2, 0) is 0 Å². The highest BCUT2D eigenvalue weighted by molar-refractivity contribution is 6.13. The maximum absolute atomic E-state index is 12.1. The van der Waals surface area contributed by atoms with Crippen molar-refractivity contribution in [3.8, 4) is 0 Å². The Morgan fingerprint density at radius 3 is 2.78 bits per heavy atom. The van der Waals surface area contributed by atoms with Crippen molar-refractivity contribution in [3.63, 3.8) is 0 Å². The molecule has 0 spiro atoms. The van der Waals surface area contributed by atoms with Gasteiger partial charge in [0.2, 0.25) is 0 Å². The van der Waals surface area contributed by atoms with Gasteiger partial charge in [0.05, 0.1) is 0 Å². The Labute approximate surface area is 107 Å². The molecule has 0 fully saturated rings. The van der Waals surface area contributed by atoms with E-state index < -0.39 is 0 Å². The summed E-state index contributed by atoms with van der Waals surface area (Å²) in [6.45, 7) is 2.98. The van der Waals surface area contributed by atoms with Crippen molar-refractivity contribution in [1.29, 1.82) is 0 Å². The van der Waals surface area contributed by atoms with E-state index in [0.29, 0.717) is 0 Å². The van der Waals surface area contributed by atoms with Crippen LogP contribution in [0.4, 0.5) is 0 Å². The third kappa shape index (κ3) is 2.77. The highest BCUT2D eigenvalue weighted by atomic mass is 16.1. The molecule has 1 N–H and O–H groups in total. The van der Waals surface area contributed by atoms with Gasteiger partial charge in [-0.05, 0) is 17.2 Å². The first kappa shape index (κ1) is 12.4. The number of fused-ring (bicyclic) bond motifs is 1. The fraction of sp³-hybridized carbons (Fsp3) is 0.188. The van der Waals surface area contributed by atoms with E-state index in [1.54, 1.807) is 12.3 Å². The normalized spacial score (nSPS) is 10.9. The van der Waals surface area contributed by atoms with Gasteiger partial charge in [0.15, 0.2) is 5.78 Å². The Hall–Kier alpha value is -2.09. The van der Waals surface area contributed by atoms with Crippen molar-refractivity contribution in [2.24, 2.45) is 0 Å². The average molecular weight is 239 g/mol. The first-order valence-electron chi connectivity index (χ1n) is 6.25. The number of carbonyl (C=O) groups excluding carboxylic acids is 1. The highest BCUT2D eigenvalue weighted by Gasteiger charge is 2.05. The van der Waals surface area contributed by atoms with Crippen molar-refractivity contribution in [2.75, 3.05) is 6.54 Å². The van der Waals surface area contributed by atoms with E-state index in [1.807, 2.05) is 42.5 Å². The summed E-state index contributed by atoms with van der Waals surface area (Å²) in [7, 11) is 0. The molecule has 0 atom stereocenters. The van der Waals surface area contributed by atoms with Gasteiger partial charge >= 0.3 is 0 Å². The van der Waals surface area contributed by atoms with Gasteiger partial charge in [-0.3, -0.25) is 4.79 Å². The van der Waals surface area contributed by atoms with Crippen LogP contribution < -0.4 is 5.32 Å². The number of benzene rings is 2. The molecule has 0 aliphatic rings. The number of allylic oxidation sites excluding steroid dienone is 1. The maximum Gasteiger partial charge on any atom is 0.187 e. The second-order valence-electron chi connectivity index (χ2n) is 4.18. The third-order valence-electron chi connectivity index (χ3n) is 2.80. The van der Waals surface area contributed by atoms with Crippen molar-refractivity contribution in [3.05, 3.63) is 60.3 Å². The molecule has 0 heterocycles. The molecule has 2 nitrogen and oxygen atoms in total. The molecular formula is C16H17NO. The van der Waals surface area contributed by atoms with Crippen LogP contribution >= 0.6 is 0 Å². The van der Waals surface area contributed by atoms with E-state index in [2.05, 4.69) is 12.2 Å². The second kappa shape index (κ2) is 6.01. The summed E-state index contributed by atoms with van der Waals surface area (Å²) in [5, 5.41) is 5.18. The minimum atomic E-state index is 0.0374. The first-order valence-corrected chi connectivity index (χ1v) is 6.25. The van der Waals surface area contributed by atoms with Crippen LogP contribution in [0.15, 0.2) is 54.7 Å². The van der Waals surface area contributed by atoms with Crippen molar-refractivity contribution < 1.29 is 4.79 Å².